The van der Waals surface area contributed by atoms with Crippen LogP contribution < -0.4 is 4.74 Å². The molecular weight excluding hydrogens is 280 g/mol. The first-order valence-electron chi connectivity index (χ1n) is 7.16. The summed E-state index contributed by atoms with van der Waals surface area (Å²) in [7, 11) is 1.68. The summed E-state index contributed by atoms with van der Waals surface area (Å²) in [4.78, 5) is 1.30. The molecule has 110 valence electrons. The minimum atomic E-state index is -0.467. The van der Waals surface area contributed by atoms with Crippen LogP contribution in [0.2, 0.25) is 0 Å². The smallest absolute Gasteiger partial charge is 0.122 e. The summed E-state index contributed by atoms with van der Waals surface area (Å²) in [6, 6.07) is 12.5. The Morgan fingerprint density at radius 2 is 1.95 bits per heavy atom. The van der Waals surface area contributed by atoms with E-state index in [0.29, 0.717) is 0 Å². The zero-order valence-electron chi connectivity index (χ0n) is 12.6. The Labute approximate surface area is 130 Å². The number of methoxy groups -OCH3 is 1. The monoisotopic (exact) mass is 300 g/mol. The van der Waals surface area contributed by atoms with Gasteiger partial charge in [0.05, 0.1) is 13.2 Å². The van der Waals surface area contributed by atoms with Crippen molar-refractivity contribution >= 4 is 11.8 Å². The minimum absolute atomic E-state index is 0.165. The third-order valence-electron chi connectivity index (χ3n) is 4.22. The molecule has 0 radical (unpaired) electrons. The van der Waals surface area contributed by atoms with E-state index in [1.165, 1.54) is 10.5 Å². The Balaban J connectivity index is 1.97. The largest absolute Gasteiger partial charge is 0.496 e. The van der Waals surface area contributed by atoms with Gasteiger partial charge in [-0.1, -0.05) is 18.2 Å². The number of aliphatic hydroxyl groups excluding tert-OH is 1. The average molecular weight is 300 g/mol. The summed E-state index contributed by atoms with van der Waals surface area (Å²) in [6.45, 7) is 4.06. The summed E-state index contributed by atoms with van der Waals surface area (Å²) in [5, 5.41) is 10.9. The van der Waals surface area contributed by atoms with Gasteiger partial charge >= 0.3 is 0 Å². The van der Waals surface area contributed by atoms with Crippen LogP contribution in [0.15, 0.2) is 41.3 Å². The van der Waals surface area contributed by atoms with Crippen molar-refractivity contribution in [2.45, 2.75) is 30.8 Å². The first-order valence-corrected chi connectivity index (χ1v) is 8.15. The van der Waals surface area contributed by atoms with E-state index in [9.17, 15) is 5.11 Å². The number of aryl methyl sites for hydroxylation is 2. The maximum atomic E-state index is 10.9. The molecule has 0 spiro atoms. The highest BCUT2D eigenvalue weighted by atomic mass is 32.2. The van der Waals surface area contributed by atoms with Crippen LogP contribution in [0.3, 0.4) is 0 Å². The van der Waals surface area contributed by atoms with E-state index in [-0.39, 0.29) is 5.92 Å². The number of fused-ring (bicyclic) bond motifs is 1. The summed E-state index contributed by atoms with van der Waals surface area (Å²) in [6.07, 6.45) is -0.467. The molecule has 21 heavy (non-hydrogen) atoms. The third-order valence-corrected chi connectivity index (χ3v) is 5.43. The zero-order valence-corrected chi connectivity index (χ0v) is 13.4. The Hall–Kier alpha value is -1.45. The summed E-state index contributed by atoms with van der Waals surface area (Å²) >= 11 is 1.83. The molecule has 1 heterocycles. The standard InChI is InChI=1S/C18H20O2S/c1-11-9-16(20-3)12(2)8-14(11)18(19)15-10-21-17-7-5-4-6-13(15)17/h4-9,15,18-19H,10H2,1-3H3. The minimum Gasteiger partial charge on any atom is -0.496 e. The number of ether oxygens (including phenoxy) is 1. The van der Waals surface area contributed by atoms with Crippen molar-refractivity contribution in [2.24, 2.45) is 0 Å². The Morgan fingerprint density at radius 3 is 2.71 bits per heavy atom. The summed E-state index contributed by atoms with van der Waals surface area (Å²) in [5.41, 5.74) is 4.42. The fraction of sp³-hybridized carbons (Fsp3) is 0.333. The molecule has 0 aromatic heterocycles. The normalized spacial score (nSPS) is 18.4. The van der Waals surface area contributed by atoms with Gasteiger partial charge in [0.15, 0.2) is 0 Å². The molecule has 0 saturated carbocycles. The number of hydrogen-bond acceptors (Lipinski definition) is 3. The predicted octanol–water partition coefficient (Wildman–Crippen LogP) is 4.23. The molecule has 1 N–H and O–H groups in total. The van der Waals surface area contributed by atoms with Crippen molar-refractivity contribution in [3.05, 3.63) is 58.7 Å². The molecule has 0 bridgehead atoms. The van der Waals surface area contributed by atoms with Gasteiger partial charge in [0, 0.05) is 16.6 Å². The van der Waals surface area contributed by atoms with Crippen LogP contribution in [-0.4, -0.2) is 18.0 Å². The van der Waals surface area contributed by atoms with Gasteiger partial charge < -0.3 is 9.84 Å². The van der Waals surface area contributed by atoms with E-state index in [1.54, 1.807) is 7.11 Å². The van der Waals surface area contributed by atoms with Crippen molar-refractivity contribution in [1.82, 2.24) is 0 Å². The van der Waals surface area contributed by atoms with Gasteiger partial charge in [0.1, 0.15) is 5.75 Å². The quantitative estimate of drug-likeness (QED) is 0.919. The molecule has 0 fully saturated rings. The average Bonchev–Trinajstić information content (AvgIpc) is 2.92. The molecule has 3 rings (SSSR count). The van der Waals surface area contributed by atoms with Crippen LogP contribution in [0.4, 0.5) is 0 Å². The fourth-order valence-corrected chi connectivity index (χ4v) is 4.30. The molecule has 2 atom stereocenters. The second-order valence-electron chi connectivity index (χ2n) is 5.58. The van der Waals surface area contributed by atoms with Crippen molar-refractivity contribution in [3.8, 4) is 5.75 Å². The first-order chi connectivity index (χ1) is 10.1. The summed E-state index contributed by atoms with van der Waals surface area (Å²) < 4.78 is 5.36. The highest BCUT2D eigenvalue weighted by Gasteiger charge is 2.31. The van der Waals surface area contributed by atoms with Crippen molar-refractivity contribution in [2.75, 3.05) is 12.9 Å². The number of thioether (sulfide) groups is 1. The van der Waals surface area contributed by atoms with Crippen molar-refractivity contribution < 1.29 is 9.84 Å². The van der Waals surface area contributed by atoms with Crippen molar-refractivity contribution in [1.29, 1.82) is 0 Å². The zero-order chi connectivity index (χ0) is 15.0. The molecule has 2 aromatic carbocycles. The van der Waals surface area contributed by atoms with Gasteiger partial charge in [0.25, 0.3) is 0 Å². The molecule has 1 aliphatic rings. The maximum absolute atomic E-state index is 10.9. The number of aliphatic hydroxyl groups is 1. The molecule has 2 unspecified atom stereocenters. The van der Waals surface area contributed by atoms with Crippen LogP contribution in [0.25, 0.3) is 0 Å². The van der Waals surface area contributed by atoms with Gasteiger partial charge in [-0.25, -0.2) is 0 Å². The maximum Gasteiger partial charge on any atom is 0.122 e. The van der Waals surface area contributed by atoms with Gasteiger partial charge in [-0.05, 0) is 54.3 Å². The van der Waals surface area contributed by atoms with Crippen molar-refractivity contribution in [3.63, 3.8) is 0 Å². The topological polar surface area (TPSA) is 29.5 Å². The molecule has 0 saturated heterocycles. The lowest BCUT2D eigenvalue weighted by molar-refractivity contribution is 0.153. The van der Waals surface area contributed by atoms with Gasteiger partial charge in [-0.15, -0.1) is 11.8 Å². The van der Waals surface area contributed by atoms with E-state index in [0.717, 1.165) is 28.2 Å². The molecular formula is C18H20O2S. The van der Waals surface area contributed by atoms with Gasteiger partial charge in [-0.3, -0.25) is 0 Å². The van der Waals surface area contributed by atoms with Crippen LogP contribution in [0, 0.1) is 13.8 Å². The van der Waals surface area contributed by atoms with E-state index in [1.807, 2.05) is 31.7 Å². The highest BCUT2D eigenvalue weighted by molar-refractivity contribution is 7.99. The lowest BCUT2D eigenvalue weighted by atomic mass is 9.88. The lowest BCUT2D eigenvalue weighted by Crippen LogP contribution is -2.12. The molecule has 0 aliphatic carbocycles. The number of hydrogen-bond donors (Lipinski definition) is 1. The second kappa shape index (κ2) is 5.74. The molecule has 1 aliphatic heterocycles. The second-order valence-corrected chi connectivity index (χ2v) is 6.64. The predicted molar refractivity (Wildman–Crippen MR) is 87.3 cm³/mol. The van der Waals surface area contributed by atoms with E-state index in [2.05, 4.69) is 30.3 Å². The molecule has 3 heteroatoms. The van der Waals surface area contributed by atoms with Crippen LogP contribution in [-0.2, 0) is 0 Å². The number of benzene rings is 2. The van der Waals surface area contributed by atoms with E-state index >= 15 is 0 Å². The molecule has 2 aromatic rings. The van der Waals surface area contributed by atoms with Gasteiger partial charge in [-0.2, -0.15) is 0 Å². The van der Waals surface area contributed by atoms with Gasteiger partial charge in [0.2, 0.25) is 0 Å². The van der Waals surface area contributed by atoms with E-state index < -0.39 is 6.10 Å². The Kier molecular flexibility index (Phi) is 3.96. The van der Waals surface area contributed by atoms with Crippen LogP contribution in [0.5, 0.6) is 5.75 Å². The molecule has 0 amide bonds. The van der Waals surface area contributed by atoms with Crippen LogP contribution in [0.1, 0.15) is 34.3 Å². The fourth-order valence-electron chi connectivity index (χ4n) is 3.02. The van der Waals surface area contributed by atoms with Crippen LogP contribution >= 0.6 is 11.8 Å². The lowest BCUT2D eigenvalue weighted by Gasteiger charge is -2.22. The first kappa shape index (κ1) is 14.5. The Bertz CT molecular complexity index is 666. The van der Waals surface area contributed by atoms with E-state index in [4.69, 9.17) is 4.74 Å². The number of rotatable bonds is 3. The Morgan fingerprint density at radius 1 is 1.19 bits per heavy atom. The summed E-state index contributed by atoms with van der Waals surface area (Å²) in [5.74, 6) is 1.98. The third kappa shape index (κ3) is 2.56. The highest BCUT2D eigenvalue weighted by Crippen LogP contribution is 2.46. The SMILES string of the molecule is COc1cc(C)c(C(O)C2CSc3ccccc32)cc1C. The molecule has 2 nitrogen and oxygen atoms in total.